The molecular formula is C6H8FNOS. The highest BCUT2D eigenvalue weighted by Gasteiger charge is 1.88. The molecule has 56 valence electrons. The summed E-state index contributed by atoms with van der Waals surface area (Å²) in [5.41, 5.74) is 0. The van der Waals surface area contributed by atoms with E-state index < -0.39 is 5.82 Å². The molecule has 0 spiro atoms. The van der Waals surface area contributed by atoms with Crippen molar-refractivity contribution in [3.05, 3.63) is 24.3 Å². The van der Waals surface area contributed by atoms with Crippen molar-refractivity contribution in [2.24, 2.45) is 0 Å². The molecule has 1 aromatic rings. The van der Waals surface area contributed by atoms with Gasteiger partial charge in [0.1, 0.15) is 11.6 Å². The van der Waals surface area contributed by atoms with Gasteiger partial charge in [-0.3, -0.25) is 4.98 Å². The van der Waals surface area contributed by atoms with Crippen LogP contribution in [0.2, 0.25) is 0 Å². The first kappa shape index (κ1) is 9.23. The molecule has 0 aliphatic rings. The Hall–Kier alpha value is -0.770. The molecule has 0 amide bonds. The Morgan fingerprint density at radius 3 is 2.40 bits per heavy atom. The molecular weight excluding hydrogens is 153 g/mol. The van der Waals surface area contributed by atoms with Crippen molar-refractivity contribution in [2.45, 2.75) is 0 Å². The van der Waals surface area contributed by atoms with Crippen molar-refractivity contribution in [1.29, 1.82) is 0 Å². The number of rotatable bonds is 0. The van der Waals surface area contributed by atoms with Crippen LogP contribution in [0, 0.1) is 5.82 Å². The van der Waals surface area contributed by atoms with Crippen molar-refractivity contribution >= 4 is 12.6 Å². The minimum Gasteiger partial charge on any atom is -0.506 e. The summed E-state index contributed by atoms with van der Waals surface area (Å²) in [5.74, 6) is -0.671. The van der Waals surface area contributed by atoms with E-state index in [2.05, 4.69) is 17.6 Å². The van der Waals surface area contributed by atoms with Crippen LogP contribution >= 0.6 is 12.6 Å². The van der Waals surface area contributed by atoms with E-state index in [1.54, 1.807) is 6.26 Å². The van der Waals surface area contributed by atoms with Crippen molar-refractivity contribution in [3.63, 3.8) is 0 Å². The number of hydrogen-bond donors (Lipinski definition) is 2. The number of aromatic nitrogens is 1. The van der Waals surface area contributed by atoms with E-state index >= 15 is 0 Å². The van der Waals surface area contributed by atoms with Gasteiger partial charge in [0.15, 0.2) is 0 Å². The fraction of sp³-hybridized carbons (Fsp3) is 0.167. The Kier molecular flexibility index (Phi) is 4.66. The average molecular weight is 161 g/mol. The molecule has 0 aliphatic heterocycles. The third-order valence-electron chi connectivity index (χ3n) is 0.690. The molecule has 0 fully saturated rings. The van der Waals surface area contributed by atoms with Crippen LogP contribution in [-0.4, -0.2) is 16.3 Å². The van der Waals surface area contributed by atoms with Gasteiger partial charge in [-0.15, -0.1) is 0 Å². The quantitative estimate of drug-likeness (QED) is 0.565. The Balaban J connectivity index is 0.000000371. The molecule has 1 N–H and O–H groups in total. The van der Waals surface area contributed by atoms with Crippen LogP contribution in [0.5, 0.6) is 5.75 Å². The first-order valence-corrected chi connectivity index (χ1v) is 3.43. The number of aromatic hydroxyl groups is 1. The SMILES string of the molecule is CS.Oc1cncc(F)c1. The lowest BCUT2D eigenvalue weighted by atomic mass is 10.4. The van der Waals surface area contributed by atoms with E-state index in [-0.39, 0.29) is 5.75 Å². The van der Waals surface area contributed by atoms with Gasteiger partial charge in [-0.2, -0.15) is 12.6 Å². The highest BCUT2D eigenvalue weighted by atomic mass is 32.1. The zero-order valence-corrected chi connectivity index (χ0v) is 6.35. The second-order valence-corrected chi connectivity index (χ2v) is 1.36. The molecule has 0 atom stereocenters. The normalized spacial score (nSPS) is 7.90. The van der Waals surface area contributed by atoms with Gasteiger partial charge in [0.05, 0.1) is 12.4 Å². The molecule has 10 heavy (non-hydrogen) atoms. The standard InChI is InChI=1S/C5H4FNO.CH4S/c6-4-1-5(8)3-7-2-4;1-2/h1-3,8H;2H,1H3. The Morgan fingerprint density at radius 1 is 1.50 bits per heavy atom. The molecule has 1 rings (SSSR count). The number of pyridine rings is 1. The topological polar surface area (TPSA) is 33.1 Å². The fourth-order valence-corrected chi connectivity index (χ4v) is 0.401. The molecule has 0 saturated heterocycles. The van der Waals surface area contributed by atoms with Crippen LogP contribution in [0.25, 0.3) is 0 Å². The molecule has 0 bridgehead atoms. The van der Waals surface area contributed by atoms with Gasteiger partial charge in [0, 0.05) is 6.07 Å². The summed E-state index contributed by atoms with van der Waals surface area (Å²) < 4.78 is 11.9. The van der Waals surface area contributed by atoms with E-state index in [1.165, 1.54) is 6.20 Å². The first-order valence-electron chi connectivity index (χ1n) is 2.53. The number of thiol groups is 1. The highest BCUT2D eigenvalue weighted by Crippen LogP contribution is 2.05. The summed E-state index contributed by atoms with van der Waals surface area (Å²) in [5, 5.41) is 8.51. The third-order valence-corrected chi connectivity index (χ3v) is 0.690. The van der Waals surface area contributed by atoms with Crippen molar-refractivity contribution in [1.82, 2.24) is 4.98 Å². The zero-order valence-electron chi connectivity index (χ0n) is 5.45. The van der Waals surface area contributed by atoms with Gasteiger partial charge < -0.3 is 5.11 Å². The summed E-state index contributed by atoms with van der Waals surface area (Å²) in [6, 6.07) is 0.993. The lowest BCUT2D eigenvalue weighted by Gasteiger charge is -1.86. The second kappa shape index (κ2) is 5.05. The van der Waals surface area contributed by atoms with Gasteiger partial charge in [0.2, 0.25) is 0 Å². The van der Waals surface area contributed by atoms with Gasteiger partial charge in [-0.05, 0) is 6.26 Å². The summed E-state index contributed by atoms with van der Waals surface area (Å²) >= 11 is 3.53. The van der Waals surface area contributed by atoms with Gasteiger partial charge in [-0.1, -0.05) is 0 Å². The van der Waals surface area contributed by atoms with Crippen molar-refractivity contribution < 1.29 is 9.50 Å². The molecule has 0 unspecified atom stereocenters. The van der Waals surface area contributed by atoms with Crippen LogP contribution in [-0.2, 0) is 0 Å². The molecule has 0 saturated carbocycles. The van der Waals surface area contributed by atoms with Crippen LogP contribution < -0.4 is 0 Å². The lowest BCUT2D eigenvalue weighted by Crippen LogP contribution is -1.73. The Morgan fingerprint density at radius 2 is 2.10 bits per heavy atom. The van der Waals surface area contributed by atoms with Crippen molar-refractivity contribution in [3.8, 4) is 5.75 Å². The molecule has 1 heterocycles. The molecule has 2 nitrogen and oxygen atoms in total. The Bertz CT molecular complexity index is 178. The van der Waals surface area contributed by atoms with Crippen LogP contribution in [0.3, 0.4) is 0 Å². The highest BCUT2D eigenvalue weighted by molar-refractivity contribution is 7.79. The van der Waals surface area contributed by atoms with Gasteiger partial charge in [0.25, 0.3) is 0 Å². The van der Waals surface area contributed by atoms with Crippen molar-refractivity contribution in [2.75, 3.05) is 6.26 Å². The monoisotopic (exact) mass is 161 g/mol. The van der Waals surface area contributed by atoms with Gasteiger partial charge in [-0.25, -0.2) is 4.39 Å². The number of halogens is 1. The van der Waals surface area contributed by atoms with E-state index in [0.717, 1.165) is 12.3 Å². The molecule has 0 aliphatic carbocycles. The van der Waals surface area contributed by atoms with E-state index in [9.17, 15) is 4.39 Å². The minimum atomic E-state index is -0.523. The maximum atomic E-state index is 11.9. The summed E-state index contributed by atoms with van der Waals surface area (Å²) in [6.07, 6.45) is 3.89. The maximum Gasteiger partial charge on any atom is 0.145 e. The maximum absolute atomic E-state index is 11.9. The molecule has 0 aromatic carbocycles. The van der Waals surface area contributed by atoms with Gasteiger partial charge >= 0.3 is 0 Å². The molecule has 4 heteroatoms. The largest absolute Gasteiger partial charge is 0.506 e. The van der Waals surface area contributed by atoms with E-state index in [1.807, 2.05) is 0 Å². The van der Waals surface area contributed by atoms with E-state index in [0.29, 0.717) is 0 Å². The fourth-order valence-electron chi connectivity index (χ4n) is 0.401. The van der Waals surface area contributed by atoms with Crippen LogP contribution in [0.15, 0.2) is 18.5 Å². The Labute approximate surface area is 64.1 Å². The molecule has 1 aromatic heterocycles. The summed E-state index contributed by atoms with van der Waals surface area (Å²) in [6.45, 7) is 0. The second-order valence-electron chi connectivity index (χ2n) is 1.36. The third kappa shape index (κ3) is 3.29. The van der Waals surface area contributed by atoms with Crippen LogP contribution in [0.1, 0.15) is 0 Å². The van der Waals surface area contributed by atoms with Crippen LogP contribution in [0.4, 0.5) is 4.39 Å². The molecule has 0 radical (unpaired) electrons. The summed E-state index contributed by atoms with van der Waals surface area (Å²) in [7, 11) is 0. The smallest absolute Gasteiger partial charge is 0.145 e. The minimum absolute atomic E-state index is 0.148. The number of nitrogens with zero attached hydrogens (tertiary/aromatic N) is 1. The predicted octanol–water partition coefficient (Wildman–Crippen LogP) is 1.47. The zero-order chi connectivity index (χ0) is 7.98. The van der Waals surface area contributed by atoms with E-state index in [4.69, 9.17) is 5.11 Å². The average Bonchev–Trinajstić information content (AvgIpc) is 1.91. The first-order chi connectivity index (χ1) is 4.79. The predicted molar refractivity (Wildman–Crippen MR) is 40.8 cm³/mol. The lowest BCUT2D eigenvalue weighted by molar-refractivity contribution is 0.465. The number of hydrogen-bond acceptors (Lipinski definition) is 3. The summed E-state index contributed by atoms with van der Waals surface area (Å²) in [4.78, 5) is 3.36.